The van der Waals surface area contributed by atoms with Gasteiger partial charge < -0.3 is 10.2 Å². The number of hydrogen-bond donors (Lipinski definition) is 2. The summed E-state index contributed by atoms with van der Waals surface area (Å²) < 4.78 is 0.340. The number of aromatic carboxylic acids is 1. The second-order valence-corrected chi connectivity index (χ2v) is 6.64. The van der Waals surface area contributed by atoms with Crippen LogP contribution in [-0.2, 0) is 4.79 Å². The van der Waals surface area contributed by atoms with Crippen LogP contribution in [0, 0.1) is 0 Å². The molecule has 0 radical (unpaired) electrons. The summed E-state index contributed by atoms with van der Waals surface area (Å²) in [6, 6.07) is 12.5. The molecule has 2 aromatic carbocycles. The topological polar surface area (TPSA) is 77.8 Å². The van der Waals surface area contributed by atoms with E-state index in [1.165, 1.54) is 29.2 Å². The average Bonchev–Trinajstić information content (AvgIpc) is 2.83. The van der Waals surface area contributed by atoms with Gasteiger partial charge in [-0.3, -0.25) is 9.69 Å². The first-order valence-corrected chi connectivity index (χ1v) is 8.08. The van der Waals surface area contributed by atoms with Crippen molar-refractivity contribution in [2.45, 2.75) is 0 Å². The van der Waals surface area contributed by atoms with Gasteiger partial charge in [0.2, 0.25) is 0 Å². The molecule has 0 aliphatic carbocycles. The van der Waals surface area contributed by atoms with E-state index in [0.29, 0.717) is 14.9 Å². The maximum absolute atomic E-state index is 12.6. The van der Waals surface area contributed by atoms with E-state index in [1.807, 2.05) is 0 Å². The number of phenolic OH excluding ortho intramolecular Hbond substituents is 1. The highest BCUT2D eigenvalue weighted by atomic mass is 32.2. The molecule has 24 heavy (non-hydrogen) atoms. The van der Waals surface area contributed by atoms with Gasteiger partial charge in [-0.25, -0.2) is 4.79 Å². The van der Waals surface area contributed by atoms with Crippen LogP contribution in [0.1, 0.15) is 15.9 Å². The SMILES string of the molecule is O=C(O)c1cccc(N2C(=O)/C(=C/c3ccc(O)cc3)SC2=S)c1. The molecule has 0 atom stereocenters. The summed E-state index contributed by atoms with van der Waals surface area (Å²) in [6.07, 6.45) is 1.68. The van der Waals surface area contributed by atoms with Gasteiger partial charge in [0.05, 0.1) is 16.2 Å². The Kier molecular flexibility index (Phi) is 4.37. The zero-order chi connectivity index (χ0) is 17.3. The normalized spacial score (nSPS) is 16.0. The minimum Gasteiger partial charge on any atom is -0.508 e. The van der Waals surface area contributed by atoms with Crippen LogP contribution in [0.5, 0.6) is 5.75 Å². The molecule has 1 aliphatic rings. The summed E-state index contributed by atoms with van der Waals surface area (Å²) in [4.78, 5) is 25.5. The summed E-state index contributed by atoms with van der Waals surface area (Å²) in [7, 11) is 0. The van der Waals surface area contributed by atoms with Crippen molar-refractivity contribution in [1.29, 1.82) is 0 Å². The quantitative estimate of drug-likeness (QED) is 0.647. The van der Waals surface area contributed by atoms with E-state index in [1.54, 1.807) is 30.3 Å². The van der Waals surface area contributed by atoms with Crippen molar-refractivity contribution in [2.24, 2.45) is 0 Å². The van der Waals surface area contributed by atoms with Crippen LogP contribution in [0.2, 0.25) is 0 Å². The number of benzene rings is 2. The molecule has 1 fully saturated rings. The number of aromatic hydroxyl groups is 1. The molecule has 1 amide bonds. The van der Waals surface area contributed by atoms with Crippen molar-refractivity contribution in [3.63, 3.8) is 0 Å². The number of phenols is 1. The third-order valence-corrected chi connectivity index (χ3v) is 4.64. The van der Waals surface area contributed by atoms with Crippen LogP contribution < -0.4 is 4.90 Å². The molecule has 3 rings (SSSR count). The number of carbonyl (C=O) groups is 2. The summed E-state index contributed by atoms with van der Waals surface area (Å²) in [6.45, 7) is 0. The number of carbonyl (C=O) groups excluding carboxylic acids is 1. The van der Waals surface area contributed by atoms with Gasteiger partial charge >= 0.3 is 5.97 Å². The van der Waals surface area contributed by atoms with E-state index in [-0.39, 0.29) is 17.2 Å². The van der Waals surface area contributed by atoms with Crippen LogP contribution >= 0.6 is 24.0 Å². The molecule has 1 aliphatic heterocycles. The molecule has 0 unspecified atom stereocenters. The number of amides is 1. The number of anilines is 1. The molecule has 1 saturated heterocycles. The monoisotopic (exact) mass is 357 g/mol. The maximum atomic E-state index is 12.6. The van der Waals surface area contributed by atoms with Crippen molar-refractivity contribution < 1.29 is 19.8 Å². The average molecular weight is 357 g/mol. The Labute approximate surface area is 147 Å². The molecule has 0 saturated carbocycles. The number of carboxylic acids is 1. The van der Waals surface area contributed by atoms with E-state index in [2.05, 4.69) is 0 Å². The lowest BCUT2D eigenvalue weighted by Crippen LogP contribution is -2.27. The number of carboxylic acid groups (broad SMARTS) is 1. The first-order valence-electron chi connectivity index (χ1n) is 6.86. The number of thiocarbonyl (C=S) groups is 1. The third-order valence-electron chi connectivity index (χ3n) is 3.34. The minimum absolute atomic E-state index is 0.0871. The highest BCUT2D eigenvalue weighted by molar-refractivity contribution is 8.27. The lowest BCUT2D eigenvalue weighted by atomic mass is 10.2. The van der Waals surface area contributed by atoms with Crippen LogP contribution in [0.25, 0.3) is 6.08 Å². The Morgan fingerprint density at radius 1 is 1.17 bits per heavy atom. The molecular weight excluding hydrogens is 346 g/mol. The van der Waals surface area contributed by atoms with Gasteiger partial charge in [-0.15, -0.1) is 0 Å². The zero-order valence-corrected chi connectivity index (χ0v) is 13.8. The molecule has 0 bridgehead atoms. The van der Waals surface area contributed by atoms with Crippen molar-refractivity contribution in [1.82, 2.24) is 0 Å². The fourth-order valence-corrected chi connectivity index (χ4v) is 3.49. The number of hydrogen-bond acceptors (Lipinski definition) is 5. The Morgan fingerprint density at radius 3 is 2.54 bits per heavy atom. The Balaban J connectivity index is 1.93. The fraction of sp³-hybridized carbons (Fsp3) is 0. The predicted octanol–water partition coefficient (Wildman–Crippen LogP) is 3.50. The lowest BCUT2D eigenvalue weighted by molar-refractivity contribution is -0.113. The standard InChI is InChI=1S/C17H11NO4S2/c19-13-6-4-10(5-7-13)8-14-15(20)18(17(23)24-14)12-3-1-2-11(9-12)16(21)22/h1-9,19H,(H,21,22)/b14-8-. The van der Waals surface area contributed by atoms with Crippen LogP contribution in [0.15, 0.2) is 53.4 Å². The van der Waals surface area contributed by atoms with Gasteiger partial charge in [-0.1, -0.05) is 42.2 Å². The molecule has 5 nitrogen and oxygen atoms in total. The lowest BCUT2D eigenvalue weighted by Gasteiger charge is -2.14. The van der Waals surface area contributed by atoms with E-state index in [0.717, 1.165) is 17.3 Å². The predicted molar refractivity (Wildman–Crippen MR) is 97.2 cm³/mol. The molecule has 120 valence electrons. The second-order valence-electron chi connectivity index (χ2n) is 4.96. The largest absolute Gasteiger partial charge is 0.508 e. The van der Waals surface area contributed by atoms with Gasteiger partial charge in [-0.05, 0) is 42.0 Å². The van der Waals surface area contributed by atoms with E-state index < -0.39 is 5.97 Å². The molecule has 7 heteroatoms. The maximum Gasteiger partial charge on any atom is 0.335 e. The molecule has 2 N–H and O–H groups in total. The second kappa shape index (κ2) is 6.46. The highest BCUT2D eigenvalue weighted by Crippen LogP contribution is 2.36. The van der Waals surface area contributed by atoms with Crippen molar-refractivity contribution in [3.8, 4) is 5.75 Å². The molecule has 0 aromatic heterocycles. The summed E-state index contributed by atoms with van der Waals surface area (Å²) in [5.41, 5.74) is 1.27. The van der Waals surface area contributed by atoms with Crippen LogP contribution in [0.3, 0.4) is 0 Å². The Morgan fingerprint density at radius 2 is 1.88 bits per heavy atom. The summed E-state index contributed by atoms with van der Waals surface area (Å²) in [5.74, 6) is -1.23. The first kappa shape index (κ1) is 16.2. The Hall–Kier alpha value is -2.64. The highest BCUT2D eigenvalue weighted by Gasteiger charge is 2.33. The Bertz CT molecular complexity index is 874. The molecule has 0 spiro atoms. The van der Waals surface area contributed by atoms with E-state index in [9.17, 15) is 14.7 Å². The first-order chi connectivity index (χ1) is 11.5. The van der Waals surface area contributed by atoms with Crippen molar-refractivity contribution in [3.05, 3.63) is 64.6 Å². The van der Waals surface area contributed by atoms with Crippen molar-refractivity contribution in [2.75, 3.05) is 4.90 Å². The van der Waals surface area contributed by atoms with Crippen molar-refractivity contribution >= 4 is 51.9 Å². The van der Waals surface area contributed by atoms with Gasteiger partial charge in [0, 0.05) is 0 Å². The van der Waals surface area contributed by atoms with Gasteiger partial charge in [0.15, 0.2) is 4.32 Å². The number of rotatable bonds is 3. The van der Waals surface area contributed by atoms with E-state index in [4.69, 9.17) is 17.3 Å². The summed E-state index contributed by atoms with van der Waals surface area (Å²) in [5, 5.41) is 18.4. The number of thioether (sulfide) groups is 1. The van der Waals surface area contributed by atoms with E-state index >= 15 is 0 Å². The molecule has 2 aromatic rings. The fourth-order valence-electron chi connectivity index (χ4n) is 2.19. The van der Waals surface area contributed by atoms with Gasteiger partial charge in [0.1, 0.15) is 5.75 Å². The zero-order valence-electron chi connectivity index (χ0n) is 12.2. The summed E-state index contributed by atoms with van der Waals surface area (Å²) >= 11 is 6.41. The number of nitrogens with zero attached hydrogens (tertiary/aromatic N) is 1. The van der Waals surface area contributed by atoms with Crippen LogP contribution in [0.4, 0.5) is 5.69 Å². The van der Waals surface area contributed by atoms with Gasteiger partial charge in [0.25, 0.3) is 5.91 Å². The smallest absolute Gasteiger partial charge is 0.335 e. The van der Waals surface area contributed by atoms with Crippen LogP contribution in [-0.4, -0.2) is 26.4 Å². The molecule has 1 heterocycles. The van der Waals surface area contributed by atoms with Gasteiger partial charge in [-0.2, -0.15) is 0 Å². The molecular formula is C17H11NO4S2. The minimum atomic E-state index is -1.07. The third kappa shape index (κ3) is 3.17.